The number of nitrogens with one attached hydrogen (secondary N) is 1. The molecule has 0 radical (unpaired) electrons. The minimum absolute atomic E-state index is 0.0502. The second kappa shape index (κ2) is 5.30. The number of methoxy groups -OCH3 is 1. The van der Waals surface area contributed by atoms with Crippen LogP contribution in [-0.2, 0) is 9.53 Å². The molecule has 0 fully saturated rings. The molecular weight excluding hydrogens is 206 g/mol. The zero-order valence-corrected chi connectivity index (χ0v) is 9.61. The Bertz CT molecular complexity index is 382. The highest BCUT2D eigenvalue weighted by molar-refractivity contribution is 5.93. The Morgan fingerprint density at radius 1 is 1.19 bits per heavy atom. The summed E-state index contributed by atoms with van der Waals surface area (Å²) in [6.45, 7) is 3.64. The van der Waals surface area contributed by atoms with Crippen LogP contribution in [0.5, 0.6) is 0 Å². The molecule has 0 saturated carbocycles. The van der Waals surface area contributed by atoms with Gasteiger partial charge < -0.3 is 10.1 Å². The first kappa shape index (κ1) is 12.2. The van der Waals surface area contributed by atoms with E-state index in [0.717, 1.165) is 0 Å². The molecule has 1 N–H and O–H groups in total. The van der Waals surface area contributed by atoms with E-state index in [-0.39, 0.29) is 17.8 Å². The van der Waals surface area contributed by atoms with Gasteiger partial charge in [0.25, 0.3) is 0 Å². The summed E-state index contributed by atoms with van der Waals surface area (Å²) in [6.07, 6.45) is 0. The van der Waals surface area contributed by atoms with Crippen LogP contribution in [0.2, 0.25) is 0 Å². The van der Waals surface area contributed by atoms with E-state index in [1.165, 1.54) is 7.11 Å². The first-order valence-electron chi connectivity index (χ1n) is 5.04. The normalized spacial score (nSPS) is 10.0. The van der Waals surface area contributed by atoms with Gasteiger partial charge in [0.15, 0.2) is 0 Å². The predicted molar refractivity (Wildman–Crippen MR) is 61.2 cm³/mol. The molecule has 0 saturated heterocycles. The lowest BCUT2D eigenvalue weighted by Crippen LogP contribution is -2.17. The standard InChI is InChI=1S/C12H15NO3/c1-8(2)11(14)13-10-6-4-9(5-7-10)12(15)16-3/h4-8H,1-3H3,(H,13,14). The van der Waals surface area contributed by atoms with Crippen molar-refractivity contribution in [2.75, 3.05) is 12.4 Å². The first-order valence-corrected chi connectivity index (χ1v) is 5.04. The van der Waals surface area contributed by atoms with Gasteiger partial charge in [0.05, 0.1) is 12.7 Å². The monoisotopic (exact) mass is 221 g/mol. The van der Waals surface area contributed by atoms with Crippen molar-refractivity contribution in [2.45, 2.75) is 13.8 Å². The fourth-order valence-electron chi connectivity index (χ4n) is 1.09. The molecule has 4 heteroatoms. The number of carbonyl (C=O) groups excluding carboxylic acids is 2. The number of anilines is 1. The maximum absolute atomic E-state index is 11.4. The summed E-state index contributed by atoms with van der Waals surface area (Å²) < 4.78 is 4.57. The number of esters is 1. The fraction of sp³-hybridized carbons (Fsp3) is 0.333. The van der Waals surface area contributed by atoms with Gasteiger partial charge >= 0.3 is 5.97 Å². The maximum Gasteiger partial charge on any atom is 0.337 e. The first-order chi connectivity index (χ1) is 7.54. The highest BCUT2D eigenvalue weighted by Gasteiger charge is 2.08. The van der Waals surface area contributed by atoms with Crippen LogP contribution in [0.15, 0.2) is 24.3 Å². The SMILES string of the molecule is COC(=O)c1ccc(NC(=O)C(C)C)cc1. The van der Waals surface area contributed by atoms with E-state index in [1.807, 2.05) is 13.8 Å². The molecule has 0 aliphatic heterocycles. The van der Waals surface area contributed by atoms with Gasteiger partial charge in [0.1, 0.15) is 0 Å². The van der Waals surface area contributed by atoms with E-state index in [1.54, 1.807) is 24.3 Å². The Kier molecular flexibility index (Phi) is 4.05. The summed E-state index contributed by atoms with van der Waals surface area (Å²) in [7, 11) is 1.33. The third kappa shape index (κ3) is 3.08. The second-order valence-corrected chi connectivity index (χ2v) is 3.71. The van der Waals surface area contributed by atoms with Crippen molar-refractivity contribution in [1.82, 2.24) is 0 Å². The molecule has 0 unspecified atom stereocenters. The second-order valence-electron chi connectivity index (χ2n) is 3.71. The Balaban J connectivity index is 2.72. The van der Waals surface area contributed by atoms with E-state index in [0.29, 0.717) is 11.3 Å². The average Bonchev–Trinajstić information content (AvgIpc) is 2.28. The third-order valence-corrected chi connectivity index (χ3v) is 2.10. The van der Waals surface area contributed by atoms with Crippen LogP contribution in [0.25, 0.3) is 0 Å². The molecule has 1 amide bonds. The summed E-state index contributed by atoms with van der Waals surface area (Å²) >= 11 is 0. The van der Waals surface area contributed by atoms with Crippen LogP contribution in [0.3, 0.4) is 0 Å². The number of carbonyl (C=O) groups is 2. The Labute approximate surface area is 94.6 Å². The van der Waals surface area contributed by atoms with Gasteiger partial charge in [0.2, 0.25) is 5.91 Å². The molecule has 4 nitrogen and oxygen atoms in total. The molecule has 0 bridgehead atoms. The van der Waals surface area contributed by atoms with Crippen LogP contribution < -0.4 is 5.32 Å². The quantitative estimate of drug-likeness (QED) is 0.795. The van der Waals surface area contributed by atoms with Gasteiger partial charge in [-0.15, -0.1) is 0 Å². The van der Waals surface area contributed by atoms with Crippen LogP contribution >= 0.6 is 0 Å². The van der Waals surface area contributed by atoms with Crippen LogP contribution in [0.1, 0.15) is 24.2 Å². The molecule has 0 spiro atoms. The van der Waals surface area contributed by atoms with Crippen molar-refractivity contribution in [3.63, 3.8) is 0 Å². The number of benzene rings is 1. The zero-order valence-electron chi connectivity index (χ0n) is 9.61. The number of amides is 1. The minimum atomic E-state index is -0.387. The zero-order chi connectivity index (χ0) is 12.1. The average molecular weight is 221 g/mol. The molecule has 0 aromatic heterocycles. The maximum atomic E-state index is 11.4. The number of ether oxygens (including phenoxy) is 1. The fourth-order valence-corrected chi connectivity index (χ4v) is 1.09. The van der Waals surface area contributed by atoms with Gasteiger partial charge in [-0.05, 0) is 24.3 Å². The van der Waals surface area contributed by atoms with Gasteiger partial charge in [-0.3, -0.25) is 4.79 Å². The van der Waals surface area contributed by atoms with Gasteiger partial charge in [-0.25, -0.2) is 4.79 Å². The largest absolute Gasteiger partial charge is 0.465 e. The summed E-state index contributed by atoms with van der Waals surface area (Å²) in [6, 6.07) is 6.57. The van der Waals surface area contributed by atoms with E-state index in [2.05, 4.69) is 10.1 Å². The molecule has 0 atom stereocenters. The molecule has 1 rings (SSSR count). The highest BCUT2D eigenvalue weighted by Crippen LogP contribution is 2.11. The molecule has 16 heavy (non-hydrogen) atoms. The van der Waals surface area contributed by atoms with E-state index < -0.39 is 0 Å². The lowest BCUT2D eigenvalue weighted by molar-refractivity contribution is -0.118. The summed E-state index contributed by atoms with van der Waals surface area (Å²) in [4.78, 5) is 22.5. The molecule has 1 aromatic rings. The molecule has 0 heterocycles. The Morgan fingerprint density at radius 3 is 2.19 bits per heavy atom. The van der Waals surface area contributed by atoms with E-state index in [4.69, 9.17) is 0 Å². The highest BCUT2D eigenvalue weighted by atomic mass is 16.5. The molecule has 0 aliphatic carbocycles. The summed E-state index contributed by atoms with van der Waals surface area (Å²) in [5.41, 5.74) is 1.14. The van der Waals surface area contributed by atoms with Crippen LogP contribution in [0, 0.1) is 5.92 Å². The number of hydrogen-bond donors (Lipinski definition) is 1. The van der Waals surface area contributed by atoms with Crippen LogP contribution in [-0.4, -0.2) is 19.0 Å². The Hall–Kier alpha value is -1.84. The lowest BCUT2D eigenvalue weighted by Gasteiger charge is -2.07. The summed E-state index contributed by atoms with van der Waals surface area (Å²) in [5, 5.41) is 2.73. The number of hydrogen-bond acceptors (Lipinski definition) is 3. The van der Waals surface area contributed by atoms with Crippen molar-refractivity contribution in [2.24, 2.45) is 5.92 Å². The third-order valence-electron chi connectivity index (χ3n) is 2.10. The lowest BCUT2D eigenvalue weighted by atomic mass is 10.2. The minimum Gasteiger partial charge on any atom is -0.465 e. The Morgan fingerprint density at radius 2 is 1.75 bits per heavy atom. The van der Waals surface area contributed by atoms with Crippen molar-refractivity contribution >= 4 is 17.6 Å². The van der Waals surface area contributed by atoms with Gasteiger partial charge in [-0.2, -0.15) is 0 Å². The smallest absolute Gasteiger partial charge is 0.337 e. The molecule has 1 aromatic carbocycles. The predicted octanol–water partition coefficient (Wildman–Crippen LogP) is 2.07. The van der Waals surface area contributed by atoms with E-state index >= 15 is 0 Å². The topological polar surface area (TPSA) is 55.4 Å². The van der Waals surface area contributed by atoms with Crippen molar-refractivity contribution in [1.29, 1.82) is 0 Å². The van der Waals surface area contributed by atoms with Gasteiger partial charge in [0, 0.05) is 11.6 Å². The molecule has 0 aliphatic rings. The van der Waals surface area contributed by atoms with E-state index in [9.17, 15) is 9.59 Å². The summed E-state index contributed by atoms with van der Waals surface area (Å²) in [5.74, 6) is -0.507. The molecular formula is C12H15NO3. The molecule has 86 valence electrons. The number of rotatable bonds is 3. The van der Waals surface area contributed by atoms with Gasteiger partial charge in [-0.1, -0.05) is 13.8 Å². The van der Waals surface area contributed by atoms with Crippen LogP contribution in [0.4, 0.5) is 5.69 Å². The van der Waals surface area contributed by atoms with Crippen molar-refractivity contribution in [3.05, 3.63) is 29.8 Å². The van der Waals surface area contributed by atoms with Crippen molar-refractivity contribution in [3.8, 4) is 0 Å². The van der Waals surface area contributed by atoms with Crippen molar-refractivity contribution < 1.29 is 14.3 Å².